The van der Waals surface area contributed by atoms with Crippen molar-refractivity contribution in [3.8, 4) is 5.75 Å². The molecule has 2 rings (SSSR count). The van der Waals surface area contributed by atoms with Crippen molar-refractivity contribution in [1.82, 2.24) is 5.32 Å². The minimum atomic E-state index is -0.131. The van der Waals surface area contributed by atoms with Gasteiger partial charge in [0.1, 0.15) is 5.75 Å². The lowest BCUT2D eigenvalue weighted by Crippen LogP contribution is -2.31. The van der Waals surface area contributed by atoms with E-state index >= 15 is 0 Å². The van der Waals surface area contributed by atoms with Crippen LogP contribution in [0.15, 0.2) is 40.9 Å². The standard InChI is InChI=1S/C21H26BrNO2/c1-13(2)17-8-9-20(19(22)11-17)25-12-21(24)23-16(5)18-10-14(3)6-7-15(18)4/h6-11,13,16H,12H2,1-5H3,(H,23,24)/t16-/m0/s1. The van der Waals surface area contributed by atoms with Crippen LogP contribution in [0.4, 0.5) is 0 Å². The SMILES string of the molecule is Cc1ccc(C)c([C@H](C)NC(=O)COc2ccc(C(C)C)cc2Br)c1. The van der Waals surface area contributed by atoms with Crippen LogP contribution in [0, 0.1) is 13.8 Å². The Hall–Kier alpha value is -1.81. The molecule has 0 saturated carbocycles. The second-order valence-corrected chi connectivity index (χ2v) is 7.64. The van der Waals surface area contributed by atoms with Crippen LogP contribution >= 0.6 is 15.9 Å². The fourth-order valence-corrected chi connectivity index (χ4v) is 3.23. The van der Waals surface area contributed by atoms with Gasteiger partial charge in [-0.2, -0.15) is 0 Å². The lowest BCUT2D eigenvalue weighted by atomic mass is 10.00. The van der Waals surface area contributed by atoms with Gasteiger partial charge in [0.2, 0.25) is 0 Å². The molecule has 0 aromatic heterocycles. The predicted octanol–water partition coefficient (Wildman–Crippen LogP) is 5.45. The number of nitrogens with one attached hydrogen (secondary N) is 1. The van der Waals surface area contributed by atoms with E-state index in [-0.39, 0.29) is 18.6 Å². The van der Waals surface area contributed by atoms with Crippen LogP contribution in [0.3, 0.4) is 0 Å². The fraction of sp³-hybridized carbons (Fsp3) is 0.381. The van der Waals surface area contributed by atoms with Gasteiger partial charge < -0.3 is 10.1 Å². The number of amides is 1. The second kappa shape index (κ2) is 8.52. The first kappa shape index (κ1) is 19.5. The molecular weight excluding hydrogens is 378 g/mol. The molecule has 3 nitrogen and oxygen atoms in total. The van der Waals surface area contributed by atoms with Crippen LogP contribution in [0.25, 0.3) is 0 Å². The zero-order valence-corrected chi connectivity index (χ0v) is 17.1. The molecule has 0 radical (unpaired) electrons. The number of rotatable bonds is 6. The summed E-state index contributed by atoms with van der Waals surface area (Å²) in [4.78, 5) is 12.2. The number of ether oxygens (including phenoxy) is 1. The minimum Gasteiger partial charge on any atom is -0.483 e. The maximum atomic E-state index is 12.2. The molecule has 0 saturated heterocycles. The monoisotopic (exact) mass is 403 g/mol. The maximum absolute atomic E-state index is 12.2. The lowest BCUT2D eigenvalue weighted by molar-refractivity contribution is -0.123. The van der Waals surface area contributed by atoms with Crippen LogP contribution in [-0.2, 0) is 4.79 Å². The molecule has 0 aliphatic heterocycles. The molecule has 134 valence electrons. The smallest absolute Gasteiger partial charge is 0.258 e. The first-order valence-electron chi connectivity index (χ1n) is 8.56. The highest BCUT2D eigenvalue weighted by molar-refractivity contribution is 9.10. The number of hydrogen-bond donors (Lipinski definition) is 1. The molecule has 0 heterocycles. The van der Waals surface area contributed by atoms with E-state index in [4.69, 9.17) is 4.74 Å². The molecular formula is C21H26BrNO2. The molecule has 0 spiro atoms. The van der Waals surface area contributed by atoms with Gasteiger partial charge >= 0.3 is 0 Å². The van der Waals surface area contributed by atoms with E-state index < -0.39 is 0 Å². The van der Waals surface area contributed by atoms with Gasteiger partial charge in [0.15, 0.2) is 6.61 Å². The zero-order chi connectivity index (χ0) is 18.6. The topological polar surface area (TPSA) is 38.3 Å². The summed E-state index contributed by atoms with van der Waals surface area (Å²) in [7, 11) is 0. The maximum Gasteiger partial charge on any atom is 0.258 e. The third-order valence-electron chi connectivity index (χ3n) is 4.26. The summed E-state index contributed by atoms with van der Waals surface area (Å²) in [6.45, 7) is 10.4. The Morgan fingerprint density at radius 3 is 2.48 bits per heavy atom. The number of carbonyl (C=O) groups is 1. The van der Waals surface area contributed by atoms with E-state index in [9.17, 15) is 4.79 Å². The van der Waals surface area contributed by atoms with Gasteiger partial charge in [0.05, 0.1) is 10.5 Å². The van der Waals surface area contributed by atoms with E-state index in [1.165, 1.54) is 16.7 Å². The van der Waals surface area contributed by atoms with Crippen LogP contribution in [0.1, 0.15) is 55.0 Å². The van der Waals surface area contributed by atoms with Gasteiger partial charge in [0, 0.05) is 0 Å². The van der Waals surface area contributed by atoms with Gasteiger partial charge in [-0.05, 0) is 71.4 Å². The molecule has 2 aromatic carbocycles. The highest BCUT2D eigenvalue weighted by atomic mass is 79.9. The average molecular weight is 404 g/mol. The van der Waals surface area contributed by atoms with Crippen LogP contribution in [0.2, 0.25) is 0 Å². The second-order valence-electron chi connectivity index (χ2n) is 6.78. The van der Waals surface area contributed by atoms with Crippen molar-refractivity contribution in [3.05, 3.63) is 63.1 Å². The quantitative estimate of drug-likeness (QED) is 0.696. The minimum absolute atomic E-state index is 0.00513. The largest absolute Gasteiger partial charge is 0.483 e. The highest BCUT2D eigenvalue weighted by Gasteiger charge is 2.13. The highest BCUT2D eigenvalue weighted by Crippen LogP contribution is 2.29. The zero-order valence-electron chi connectivity index (χ0n) is 15.5. The third-order valence-corrected chi connectivity index (χ3v) is 4.88. The van der Waals surface area contributed by atoms with E-state index in [1.807, 2.05) is 25.1 Å². The van der Waals surface area contributed by atoms with Gasteiger partial charge in [-0.3, -0.25) is 4.79 Å². The average Bonchev–Trinajstić information content (AvgIpc) is 2.55. The molecule has 0 bridgehead atoms. The predicted molar refractivity (Wildman–Crippen MR) is 106 cm³/mol. The number of aryl methyl sites for hydroxylation is 2. The molecule has 25 heavy (non-hydrogen) atoms. The summed E-state index contributed by atoms with van der Waals surface area (Å²) >= 11 is 3.51. The molecule has 0 aliphatic carbocycles. The number of benzene rings is 2. The van der Waals surface area contributed by atoms with Crippen LogP contribution in [-0.4, -0.2) is 12.5 Å². The summed E-state index contributed by atoms with van der Waals surface area (Å²) in [6.07, 6.45) is 0. The number of hydrogen-bond acceptors (Lipinski definition) is 2. The van der Waals surface area contributed by atoms with Crippen molar-refractivity contribution in [3.63, 3.8) is 0 Å². The molecule has 1 N–H and O–H groups in total. The normalized spacial score (nSPS) is 12.1. The molecule has 0 fully saturated rings. The van der Waals surface area contributed by atoms with Crippen molar-refractivity contribution >= 4 is 21.8 Å². The first-order valence-corrected chi connectivity index (χ1v) is 9.36. The van der Waals surface area contributed by atoms with Gasteiger partial charge in [-0.15, -0.1) is 0 Å². The summed E-state index contributed by atoms with van der Waals surface area (Å²) < 4.78 is 6.53. The van der Waals surface area contributed by atoms with Crippen LogP contribution < -0.4 is 10.1 Å². The summed E-state index contributed by atoms with van der Waals surface area (Å²) in [5, 5.41) is 3.00. The van der Waals surface area contributed by atoms with E-state index in [0.717, 1.165) is 10.0 Å². The van der Waals surface area contributed by atoms with Crippen molar-refractivity contribution in [2.75, 3.05) is 6.61 Å². The third kappa shape index (κ3) is 5.33. The fourth-order valence-electron chi connectivity index (χ4n) is 2.72. The summed E-state index contributed by atoms with van der Waals surface area (Å²) in [5.74, 6) is 0.999. The van der Waals surface area contributed by atoms with E-state index in [2.05, 4.69) is 67.1 Å². The molecule has 1 amide bonds. The van der Waals surface area contributed by atoms with Crippen LogP contribution in [0.5, 0.6) is 5.75 Å². The van der Waals surface area contributed by atoms with Crippen molar-refractivity contribution < 1.29 is 9.53 Å². The van der Waals surface area contributed by atoms with Crippen molar-refractivity contribution in [2.24, 2.45) is 0 Å². The Morgan fingerprint density at radius 2 is 1.84 bits per heavy atom. The molecule has 1 atom stereocenters. The Balaban J connectivity index is 1.95. The molecule has 2 aromatic rings. The van der Waals surface area contributed by atoms with E-state index in [0.29, 0.717) is 11.7 Å². The Kier molecular flexibility index (Phi) is 6.65. The molecule has 4 heteroatoms. The van der Waals surface area contributed by atoms with Gasteiger partial charge in [-0.25, -0.2) is 0 Å². The van der Waals surface area contributed by atoms with Gasteiger partial charge in [-0.1, -0.05) is 43.7 Å². The lowest BCUT2D eigenvalue weighted by Gasteiger charge is -2.18. The summed E-state index contributed by atoms with van der Waals surface area (Å²) in [6, 6.07) is 12.2. The van der Waals surface area contributed by atoms with Gasteiger partial charge in [0.25, 0.3) is 5.91 Å². The van der Waals surface area contributed by atoms with E-state index in [1.54, 1.807) is 0 Å². The molecule has 0 aliphatic rings. The number of halogens is 1. The molecule has 0 unspecified atom stereocenters. The Morgan fingerprint density at radius 1 is 1.12 bits per heavy atom. The Labute approximate surface area is 158 Å². The Bertz CT molecular complexity index is 756. The van der Waals surface area contributed by atoms with Crippen molar-refractivity contribution in [2.45, 2.75) is 46.6 Å². The van der Waals surface area contributed by atoms with Crippen molar-refractivity contribution in [1.29, 1.82) is 0 Å². The number of carbonyl (C=O) groups excluding carboxylic acids is 1. The summed E-state index contributed by atoms with van der Waals surface area (Å²) in [5.41, 5.74) is 4.72. The first-order chi connectivity index (χ1) is 11.8.